The van der Waals surface area contributed by atoms with E-state index < -0.39 is 5.56 Å². The van der Waals surface area contributed by atoms with Crippen molar-refractivity contribution >= 4 is 11.7 Å². The Hall–Kier alpha value is -3.00. The van der Waals surface area contributed by atoms with Crippen molar-refractivity contribution in [1.29, 1.82) is 0 Å². The van der Waals surface area contributed by atoms with E-state index in [0.29, 0.717) is 12.4 Å². The van der Waals surface area contributed by atoms with Gasteiger partial charge in [-0.3, -0.25) is 14.7 Å². The highest BCUT2D eigenvalue weighted by Gasteiger charge is 2.19. The minimum Gasteiger partial charge on any atom is -0.337 e. The molecule has 0 saturated heterocycles. The Kier molecular flexibility index (Phi) is 4.85. The molecule has 3 aromatic rings. The van der Waals surface area contributed by atoms with Gasteiger partial charge in [0.2, 0.25) is 0 Å². The lowest BCUT2D eigenvalue weighted by atomic mass is 10.1. The molecule has 0 bridgehead atoms. The monoisotopic (exact) mass is 354 g/mol. The van der Waals surface area contributed by atoms with Gasteiger partial charge in [-0.1, -0.05) is 24.3 Å². The first-order valence-corrected chi connectivity index (χ1v) is 8.28. The second-order valence-electron chi connectivity index (χ2n) is 6.59. The van der Waals surface area contributed by atoms with Crippen LogP contribution < -0.4 is 5.56 Å². The first kappa shape index (κ1) is 17.8. The van der Waals surface area contributed by atoms with Crippen LogP contribution >= 0.6 is 0 Å². The number of aromatic amines is 1. The third-order valence-corrected chi connectivity index (χ3v) is 4.07. The molecule has 0 aliphatic carbocycles. The summed E-state index contributed by atoms with van der Waals surface area (Å²) in [7, 11) is 5.68. The number of carbonyl (C=O) groups is 1. The quantitative estimate of drug-likeness (QED) is 0.740. The van der Waals surface area contributed by atoms with E-state index >= 15 is 0 Å². The number of rotatable bonds is 5. The van der Waals surface area contributed by atoms with E-state index in [4.69, 9.17) is 0 Å². The predicted octanol–water partition coefficient (Wildman–Crippen LogP) is 1.06. The van der Waals surface area contributed by atoms with Crippen LogP contribution in [0.4, 0.5) is 0 Å². The average Bonchev–Trinajstić information content (AvgIpc) is 2.97. The normalized spacial score (nSPS) is 11.3. The second-order valence-corrected chi connectivity index (χ2v) is 6.59. The summed E-state index contributed by atoms with van der Waals surface area (Å²) in [4.78, 5) is 37.1. The molecule has 0 fully saturated rings. The number of aryl methyl sites for hydroxylation is 1. The van der Waals surface area contributed by atoms with Gasteiger partial charge in [0.1, 0.15) is 11.4 Å². The van der Waals surface area contributed by atoms with E-state index in [1.54, 1.807) is 14.0 Å². The molecule has 2 heterocycles. The summed E-state index contributed by atoms with van der Waals surface area (Å²) in [6.07, 6.45) is 1.29. The summed E-state index contributed by atoms with van der Waals surface area (Å²) in [5.41, 5.74) is 1.75. The fraction of sp³-hybridized carbons (Fsp3) is 0.333. The SMILES string of the molecule is Cc1nc2ncc(C(=O)N(C)Cc3ccccc3CN(C)C)c(=O)n2[nH]1. The maximum atomic E-state index is 12.8. The lowest BCUT2D eigenvalue weighted by Gasteiger charge is -2.20. The number of aromatic nitrogens is 4. The zero-order chi connectivity index (χ0) is 18.8. The molecule has 1 N–H and O–H groups in total. The van der Waals surface area contributed by atoms with Gasteiger partial charge >= 0.3 is 0 Å². The van der Waals surface area contributed by atoms with Crippen molar-refractivity contribution in [1.82, 2.24) is 29.4 Å². The van der Waals surface area contributed by atoms with Gasteiger partial charge in [0.05, 0.1) is 0 Å². The van der Waals surface area contributed by atoms with Gasteiger partial charge in [0.25, 0.3) is 17.2 Å². The molecule has 3 rings (SSSR count). The van der Waals surface area contributed by atoms with Crippen molar-refractivity contribution in [2.24, 2.45) is 0 Å². The Balaban J connectivity index is 1.87. The Bertz CT molecular complexity index is 1000. The minimum absolute atomic E-state index is 0.0127. The lowest BCUT2D eigenvalue weighted by molar-refractivity contribution is 0.0782. The van der Waals surface area contributed by atoms with Crippen LogP contribution in [-0.4, -0.2) is 56.4 Å². The molecule has 0 saturated carbocycles. The topological polar surface area (TPSA) is 86.6 Å². The molecule has 2 aromatic heterocycles. The fourth-order valence-electron chi connectivity index (χ4n) is 2.85. The molecule has 26 heavy (non-hydrogen) atoms. The maximum absolute atomic E-state index is 12.8. The standard InChI is InChI=1S/C18H22N6O2/c1-12-20-18-19-9-15(17(26)24(18)21-12)16(25)23(4)11-14-8-6-5-7-13(14)10-22(2)3/h5-9H,10-11H2,1-4H3,(H,19,20,21). The van der Waals surface area contributed by atoms with Crippen LogP contribution in [0.15, 0.2) is 35.3 Å². The number of carbonyl (C=O) groups excluding carboxylic acids is 1. The zero-order valence-electron chi connectivity index (χ0n) is 15.4. The van der Waals surface area contributed by atoms with Crippen LogP contribution in [0.1, 0.15) is 27.3 Å². The molecule has 8 nitrogen and oxygen atoms in total. The largest absolute Gasteiger partial charge is 0.337 e. The first-order chi connectivity index (χ1) is 12.4. The van der Waals surface area contributed by atoms with Crippen molar-refractivity contribution in [3.63, 3.8) is 0 Å². The summed E-state index contributed by atoms with van der Waals surface area (Å²) < 4.78 is 1.19. The van der Waals surface area contributed by atoms with Gasteiger partial charge in [0.15, 0.2) is 0 Å². The van der Waals surface area contributed by atoms with E-state index in [1.807, 2.05) is 38.4 Å². The Morgan fingerprint density at radius 2 is 1.81 bits per heavy atom. The van der Waals surface area contributed by atoms with Gasteiger partial charge in [-0.05, 0) is 32.1 Å². The van der Waals surface area contributed by atoms with Crippen molar-refractivity contribution in [3.05, 3.63) is 63.3 Å². The third kappa shape index (κ3) is 3.50. The molecule has 8 heteroatoms. The summed E-state index contributed by atoms with van der Waals surface area (Å²) >= 11 is 0. The summed E-state index contributed by atoms with van der Waals surface area (Å²) in [5, 5.41) is 2.80. The number of nitrogens with one attached hydrogen (secondary N) is 1. The number of fused-ring (bicyclic) bond motifs is 1. The van der Waals surface area contributed by atoms with Crippen molar-refractivity contribution in [2.75, 3.05) is 21.1 Å². The number of hydrogen-bond acceptors (Lipinski definition) is 5. The lowest BCUT2D eigenvalue weighted by Crippen LogP contribution is -2.33. The van der Waals surface area contributed by atoms with Gasteiger partial charge in [-0.15, -0.1) is 0 Å². The second kappa shape index (κ2) is 7.09. The molecule has 0 aliphatic rings. The summed E-state index contributed by atoms with van der Waals surface area (Å²) in [6.45, 7) is 2.91. The molecule has 0 unspecified atom stereocenters. The van der Waals surface area contributed by atoms with Crippen molar-refractivity contribution in [3.8, 4) is 0 Å². The molecule has 0 radical (unpaired) electrons. The smallest absolute Gasteiger partial charge is 0.286 e. The Labute approximate surface area is 151 Å². The number of H-pyrrole nitrogens is 1. The molecule has 0 atom stereocenters. The average molecular weight is 354 g/mol. The predicted molar refractivity (Wildman–Crippen MR) is 98.0 cm³/mol. The van der Waals surface area contributed by atoms with Crippen LogP contribution in [0.5, 0.6) is 0 Å². The molecule has 136 valence electrons. The Morgan fingerprint density at radius 3 is 2.46 bits per heavy atom. The molecular weight excluding hydrogens is 332 g/mol. The van der Waals surface area contributed by atoms with Crippen LogP contribution in [-0.2, 0) is 13.1 Å². The van der Waals surface area contributed by atoms with E-state index in [0.717, 1.165) is 17.7 Å². The highest BCUT2D eigenvalue weighted by atomic mass is 16.2. The number of amides is 1. The Morgan fingerprint density at radius 1 is 1.15 bits per heavy atom. The molecule has 1 aromatic carbocycles. The highest BCUT2D eigenvalue weighted by molar-refractivity contribution is 5.93. The van der Waals surface area contributed by atoms with Crippen molar-refractivity contribution < 1.29 is 4.79 Å². The van der Waals surface area contributed by atoms with E-state index in [-0.39, 0.29) is 17.2 Å². The van der Waals surface area contributed by atoms with Crippen LogP contribution in [0, 0.1) is 6.92 Å². The number of hydrogen-bond donors (Lipinski definition) is 1. The van der Waals surface area contributed by atoms with Crippen molar-refractivity contribution in [2.45, 2.75) is 20.0 Å². The minimum atomic E-state index is -0.450. The van der Waals surface area contributed by atoms with E-state index in [2.05, 4.69) is 20.0 Å². The van der Waals surface area contributed by atoms with Gasteiger partial charge in [-0.25, -0.2) is 4.98 Å². The summed E-state index contributed by atoms with van der Waals surface area (Å²) in [6, 6.07) is 7.97. The molecule has 0 aliphatic heterocycles. The maximum Gasteiger partial charge on any atom is 0.286 e. The van der Waals surface area contributed by atoms with Crippen LogP contribution in [0.3, 0.4) is 0 Å². The van der Waals surface area contributed by atoms with Crippen LogP contribution in [0.25, 0.3) is 5.78 Å². The molecular formula is C18H22N6O2. The molecule has 0 spiro atoms. The number of benzene rings is 1. The third-order valence-electron chi connectivity index (χ3n) is 4.07. The number of nitrogens with zero attached hydrogens (tertiary/aromatic N) is 5. The van der Waals surface area contributed by atoms with E-state index in [9.17, 15) is 9.59 Å². The van der Waals surface area contributed by atoms with Gasteiger partial charge in [-0.2, -0.15) is 9.50 Å². The van der Waals surface area contributed by atoms with Gasteiger partial charge < -0.3 is 9.80 Å². The van der Waals surface area contributed by atoms with Gasteiger partial charge in [0, 0.05) is 26.3 Å². The van der Waals surface area contributed by atoms with Crippen LogP contribution in [0.2, 0.25) is 0 Å². The first-order valence-electron chi connectivity index (χ1n) is 8.28. The highest BCUT2D eigenvalue weighted by Crippen LogP contribution is 2.13. The zero-order valence-corrected chi connectivity index (χ0v) is 15.4. The fourth-order valence-corrected chi connectivity index (χ4v) is 2.85. The molecule has 1 amide bonds. The summed E-state index contributed by atoms with van der Waals surface area (Å²) in [5.74, 6) is 0.442. The van der Waals surface area contributed by atoms with E-state index in [1.165, 1.54) is 15.6 Å².